The number of fused-ring (bicyclic) bond motifs is 1. The lowest BCUT2D eigenvalue weighted by Crippen LogP contribution is -2.40. The highest BCUT2D eigenvalue weighted by atomic mass is 32.1. The number of likely N-dealkylation sites (tertiary alicyclic amines) is 1. The highest BCUT2D eigenvalue weighted by Crippen LogP contribution is 2.34. The van der Waals surface area contributed by atoms with Crippen LogP contribution < -0.4 is 10.9 Å². The number of aromatic hydroxyl groups is 1. The van der Waals surface area contributed by atoms with Gasteiger partial charge in [0, 0.05) is 49.7 Å². The van der Waals surface area contributed by atoms with Crippen LogP contribution in [0, 0.1) is 5.92 Å². The maximum atomic E-state index is 13.9. The molecule has 0 saturated carbocycles. The zero-order valence-electron chi connectivity index (χ0n) is 35.1. The molecule has 63 heavy (non-hydrogen) atoms. The van der Waals surface area contributed by atoms with Crippen LogP contribution >= 0.6 is 13.5 Å². The van der Waals surface area contributed by atoms with Gasteiger partial charge in [-0.1, -0.05) is 109 Å². The lowest BCUT2D eigenvalue weighted by molar-refractivity contribution is -0.164. The molecule has 2 aliphatic rings. The lowest BCUT2D eigenvalue weighted by Gasteiger charge is -2.33. The summed E-state index contributed by atoms with van der Waals surface area (Å²) in [5, 5.41) is 37.0. The molecule has 0 unspecified atom stereocenters. The zero-order valence-corrected chi connectivity index (χ0v) is 36.1. The van der Waals surface area contributed by atoms with Gasteiger partial charge in [0.15, 0.2) is 0 Å². The highest BCUT2D eigenvalue weighted by Gasteiger charge is 2.42. The largest absolute Gasteiger partial charge is 0.506 e. The molecule has 1 aromatic heterocycles. The number of ether oxygens (including phenoxy) is 1. The number of benzene rings is 5. The first kappa shape index (κ1) is 45.0. The minimum Gasteiger partial charge on any atom is -0.506 e. The summed E-state index contributed by atoms with van der Waals surface area (Å²) in [4.78, 5) is 45.9. The number of aliphatic hydroxyl groups excluding tert-OH is 1. The quantitative estimate of drug-likeness (QED) is 0.0745. The number of nitrogens with zero attached hydrogens (tertiary/aromatic N) is 2. The van der Waals surface area contributed by atoms with E-state index in [0.29, 0.717) is 53.7 Å². The molecular formula is C51H54N4O7S. The molecular weight excluding hydrogens is 813 g/mol. The van der Waals surface area contributed by atoms with Crippen LogP contribution in [0.3, 0.4) is 0 Å². The average Bonchev–Trinajstić information content (AvgIpc) is 3.32. The molecule has 5 N–H and O–H groups in total. The second kappa shape index (κ2) is 20.4. The molecule has 12 heteroatoms. The molecule has 0 spiro atoms. The molecule has 1 fully saturated rings. The van der Waals surface area contributed by atoms with Crippen LogP contribution in [0.25, 0.3) is 16.5 Å². The average molecular weight is 867 g/mol. The summed E-state index contributed by atoms with van der Waals surface area (Å²) >= 11 is 0. The third kappa shape index (κ3) is 10.4. The minimum atomic E-state index is -1.97. The predicted molar refractivity (Wildman–Crippen MR) is 250 cm³/mol. The zero-order chi connectivity index (χ0) is 43.1. The number of rotatable bonds is 14. The molecule has 1 amide bonds. The molecule has 0 aliphatic carbocycles. The lowest BCUT2D eigenvalue weighted by atomic mass is 9.85. The van der Waals surface area contributed by atoms with Gasteiger partial charge in [0.2, 0.25) is 11.2 Å². The normalized spacial score (nSPS) is 16.1. The van der Waals surface area contributed by atoms with Crippen molar-refractivity contribution in [3.05, 3.63) is 189 Å². The smallest absolute Gasteiger partial charge is 0.347 e. The molecule has 8 rings (SSSR count). The Kier molecular flexibility index (Phi) is 14.6. The van der Waals surface area contributed by atoms with Crippen molar-refractivity contribution in [3.63, 3.8) is 0 Å². The van der Waals surface area contributed by atoms with Gasteiger partial charge in [-0.05, 0) is 101 Å². The Labute approximate surface area is 374 Å². The number of carbonyl (C=O) groups is 2. The molecule has 1 saturated heterocycles. The van der Waals surface area contributed by atoms with Crippen LogP contribution in [0.1, 0.15) is 69.1 Å². The first-order chi connectivity index (χ1) is 30.2. The third-order valence-electron chi connectivity index (χ3n) is 12.2. The maximum absolute atomic E-state index is 13.9. The molecule has 2 aliphatic heterocycles. The third-order valence-corrected chi connectivity index (χ3v) is 12.2. The number of phenolic OH excluding ortho intramolecular Hbond substituents is 1. The van der Waals surface area contributed by atoms with Crippen molar-refractivity contribution in [3.8, 4) is 5.75 Å². The molecule has 6 aromatic rings. The monoisotopic (exact) mass is 866 g/mol. The van der Waals surface area contributed by atoms with E-state index in [2.05, 4.69) is 45.5 Å². The van der Waals surface area contributed by atoms with Crippen molar-refractivity contribution < 1.29 is 29.6 Å². The molecule has 0 bridgehead atoms. The van der Waals surface area contributed by atoms with Gasteiger partial charge < -0.3 is 35.3 Å². The number of aliphatic hydroxyl groups is 2. The number of piperidine rings is 1. The Morgan fingerprint density at radius 3 is 2.17 bits per heavy atom. The van der Waals surface area contributed by atoms with E-state index in [0.717, 1.165) is 49.2 Å². The van der Waals surface area contributed by atoms with Gasteiger partial charge in [0.1, 0.15) is 5.75 Å². The van der Waals surface area contributed by atoms with Crippen molar-refractivity contribution in [2.75, 3.05) is 39.3 Å². The van der Waals surface area contributed by atoms with Gasteiger partial charge in [-0.25, -0.2) is 4.79 Å². The number of phenols is 1. The maximum Gasteiger partial charge on any atom is 0.347 e. The van der Waals surface area contributed by atoms with E-state index < -0.39 is 17.7 Å². The number of hydrogen-bond donors (Lipinski definition) is 5. The van der Waals surface area contributed by atoms with E-state index in [1.54, 1.807) is 48.5 Å². The van der Waals surface area contributed by atoms with Gasteiger partial charge in [0.25, 0.3) is 5.91 Å². The number of aromatic nitrogens is 1. The van der Waals surface area contributed by atoms with Crippen molar-refractivity contribution in [1.82, 2.24) is 20.1 Å². The fraction of sp³-hybridized carbons (Fsp3) is 0.275. The van der Waals surface area contributed by atoms with Crippen LogP contribution in [-0.2, 0) is 28.2 Å². The first-order valence-electron chi connectivity index (χ1n) is 21.3. The highest BCUT2D eigenvalue weighted by molar-refractivity contribution is 7.59. The second-order valence-corrected chi connectivity index (χ2v) is 16.3. The number of aromatic amines is 1. The van der Waals surface area contributed by atoms with Gasteiger partial charge >= 0.3 is 5.97 Å². The Balaban J connectivity index is 0.00000595. The van der Waals surface area contributed by atoms with E-state index in [9.17, 15) is 29.7 Å². The number of H-pyrrole nitrogens is 1. The molecule has 11 nitrogen and oxygen atoms in total. The number of carbonyl (C=O) groups excluding carboxylic acids is 2. The summed E-state index contributed by atoms with van der Waals surface area (Å²) in [7, 11) is 0. The van der Waals surface area contributed by atoms with E-state index >= 15 is 0 Å². The SMILES string of the molecule is O=C(c1ccc(CNC[C@H](O)c2ccc(O)c3[nH]c(=O)ccc23)cc1)N1CC=C(c2ccc([C@](O)(C(=O)OCC3CCN(Cc4ccccc4)CC3)c3ccccc3)cc2)CC1.S. The van der Waals surface area contributed by atoms with Crippen LogP contribution in [0.5, 0.6) is 5.75 Å². The van der Waals surface area contributed by atoms with Crippen LogP contribution in [0.2, 0.25) is 0 Å². The molecule has 2 atom stereocenters. The Morgan fingerprint density at radius 1 is 0.810 bits per heavy atom. The van der Waals surface area contributed by atoms with Gasteiger partial charge in [-0.3, -0.25) is 14.5 Å². The van der Waals surface area contributed by atoms with Crippen LogP contribution in [-0.4, -0.2) is 81.3 Å². The molecule has 0 radical (unpaired) electrons. The van der Waals surface area contributed by atoms with Gasteiger partial charge in [0.05, 0.1) is 18.2 Å². The summed E-state index contributed by atoms with van der Waals surface area (Å²) in [5.41, 5.74) is 4.31. The Morgan fingerprint density at radius 2 is 1.49 bits per heavy atom. The number of hydrogen-bond acceptors (Lipinski definition) is 9. The van der Waals surface area contributed by atoms with Crippen molar-refractivity contribution in [1.29, 1.82) is 0 Å². The fourth-order valence-electron chi connectivity index (χ4n) is 8.53. The minimum absolute atomic E-state index is 0. The van der Waals surface area contributed by atoms with E-state index in [-0.39, 0.29) is 55.3 Å². The van der Waals surface area contributed by atoms with E-state index in [4.69, 9.17) is 4.74 Å². The van der Waals surface area contributed by atoms with Gasteiger partial charge in [-0.15, -0.1) is 0 Å². The van der Waals surface area contributed by atoms with Crippen molar-refractivity contribution >= 4 is 41.8 Å². The van der Waals surface area contributed by atoms with Crippen LogP contribution in [0.15, 0.2) is 144 Å². The summed E-state index contributed by atoms with van der Waals surface area (Å²) < 4.78 is 5.91. The summed E-state index contributed by atoms with van der Waals surface area (Å²) in [6.45, 7) is 4.71. The number of esters is 1. The number of amides is 1. The topological polar surface area (TPSA) is 155 Å². The summed E-state index contributed by atoms with van der Waals surface area (Å²) in [6, 6.07) is 40.3. The van der Waals surface area contributed by atoms with E-state index in [1.807, 2.05) is 53.4 Å². The number of pyridine rings is 1. The number of nitrogens with one attached hydrogen (secondary N) is 2. The first-order valence-corrected chi connectivity index (χ1v) is 21.3. The van der Waals surface area contributed by atoms with Crippen molar-refractivity contribution in [2.24, 2.45) is 5.92 Å². The predicted octanol–water partition coefficient (Wildman–Crippen LogP) is 6.79. The van der Waals surface area contributed by atoms with Crippen LogP contribution in [0.4, 0.5) is 0 Å². The molecule has 5 aromatic carbocycles. The molecule has 3 heterocycles. The summed E-state index contributed by atoms with van der Waals surface area (Å²) in [5.74, 6) is -0.581. The second-order valence-electron chi connectivity index (χ2n) is 16.3. The molecule has 326 valence electrons. The van der Waals surface area contributed by atoms with Gasteiger partial charge in [-0.2, -0.15) is 13.5 Å². The fourth-order valence-corrected chi connectivity index (χ4v) is 8.53. The Hall–Kier alpha value is -6.02. The standard InChI is InChI=1S/C51H52N4O7.H2S/c56-45-21-19-43(44-20-22-47(58)53-48(44)45)46(57)32-52-31-35-11-13-40(14-12-35)49(59)55-29-25-39(26-30-55)38-15-17-42(18-16-38)51(61,41-9-5-2-6-10-41)50(60)62-34-37-23-27-54(28-24-37)33-36-7-3-1-4-8-36;/h1-22,25,37,46,52,56-57,61H,23-24,26-34H2,(H,53,58);1H2/t46-,51-;/m0./s1. The van der Waals surface area contributed by atoms with E-state index in [1.165, 1.54) is 17.7 Å². The Bertz CT molecular complexity index is 2580. The van der Waals surface area contributed by atoms with Crippen molar-refractivity contribution in [2.45, 2.75) is 44.1 Å². The summed E-state index contributed by atoms with van der Waals surface area (Å²) in [6.07, 6.45) is 3.66.